The van der Waals surface area contributed by atoms with Crippen LogP contribution in [-0.4, -0.2) is 4.98 Å². The van der Waals surface area contributed by atoms with Gasteiger partial charge in [0.15, 0.2) is 0 Å². The number of halogens is 1. The average molecular weight is 286 g/mol. The molecule has 0 aliphatic rings. The summed E-state index contributed by atoms with van der Waals surface area (Å²) >= 11 is 7.81. The predicted molar refractivity (Wildman–Crippen MR) is 84.7 cm³/mol. The van der Waals surface area contributed by atoms with Crippen LogP contribution in [0.5, 0.6) is 0 Å². The monoisotopic (exact) mass is 285 g/mol. The van der Waals surface area contributed by atoms with E-state index >= 15 is 0 Å². The minimum Gasteiger partial charge on any atom is -0.237 e. The molecule has 0 fully saturated rings. The molecular weight excluding hydrogens is 274 g/mol. The normalized spacial score (nSPS) is 11.5. The number of aromatic nitrogens is 1. The van der Waals surface area contributed by atoms with Crippen LogP contribution in [0, 0.1) is 6.92 Å². The Morgan fingerprint density at radius 2 is 1.95 bits per heavy atom. The fraction of sp³-hybridized carbons (Fsp3) is 0.0625. The average Bonchev–Trinajstić information content (AvgIpc) is 2.79. The van der Waals surface area contributed by atoms with Crippen LogP contribution in [-0.2, 0) is 0 Å². The van der Waals surface area contributed by atoms with Gasteiger partial charge in [-0.1, -0.05) is 41.9 Å². The molecule has 1 aromatic heterocycles. The lowest BCUT2D eigenvalue weighted by atomic mass is 10.2. The lowest BCUT2D eigenvalue weighted by Gasteiger charge is -1.94. The topological polar surface area (TPSA) is 12.9 Å². The van der Waals surface area contributed by atoms with Gasteiger partial charge < -0.3 is 0 Å². The molecule has 0 radical (unpaired) electrons. The summed E-state index contributed by atoms with van der Waals surface area (Å²) in [6.45, 7) is 2.08. The summed E-state index contributed by atoms with van der Waals surface area (Å²) in [6, 6.07) is 14.1. The van der Waals surface area contributed by atoms with Gasteiger partial charge in [0.1, 0.15) is 5.01 Å². The number of hydrogen-bond donors (Lipinski definition) is 0. The van der Waals surface area contributed by atoms with E-state index in [-0.39, 0.29) is 0 Å². The molecule has 1 nitrogen and oxygen atoms in total. The van der Waals surface area contributed by atoms with Gasteiger partial charge in [-0.15, -0.1) is 11.3 Å². The molecule has 0 saturated heterocycles. The summed E-state index contributed by atoms with van der Waals surface area (Å²) in [5.74, 6) is 0. The first-order chi connectivity index (χ1) is 9.22. The zero-order valence-corrected chi connectivity index (χ0v) is 12.0. The largest absolute Gasteiger partial charge is 0.237 e. The van der Waals surface area contributed by atoms with E-state index in [1.54, 1.807) is 11.3 Å². The van der Waals surface area contributed by atoms with Crippen molar-refractivity contribution < 1.29 is 0 Å². The van der Waals surface area contributed by atoms with Crippen LogP contribution < -0.4 is 0 Å². The number of benzene rings is 2. The standard InChI is InChI=1S/C16H12ClNS/c1-11-6-8-15-14(10-11)18-16(19-15)9-7-12-4-2-3-5-13(12)17/h2-10H,1H3/b9-7+. The fourth-order valence-corrected chi connectivity index (χ4v) is 2.95. The van der Waals surface area contributed by atoms with E-state index in [0.717, 1.165) is 21.1 Å². The number of nitrogens with zero attached hydrogens (tertiary/aromatic N) is 1. The number of aryl methyl sites for hydroxylation is 1. The second kappa shape index (κ2) is 5.16. The molecule has 0 aliphatic heterocycles. The summed E-state index contributed by atoms with van der Waals surface area (Å²) in [7, 11) is 0. The Hall–Kier alpha value is -1.64. The highest BCUT2D eigenvalue weighted by Crippen LogP contribution is 2.25. The van der Waals surface area contributed by atoms with Crippen molar-refractivity contribution in [1.82, 2.24) is 4.98 Å². The molecule has 1 heterocycles. The van der Waals surface area contributed by atoms with E-state index in [9.17, 15) is 0 Å². The number of thiazole rings is 1. The second-order valence-electron chi connectivity index (χ2n) is 4.38. The summed E-state index contributed by atoms with van der Waals surface area (Å²) in [6.07, 6.45) is 4.02. The van der Waals surface area contributed by atoms with Crippen LogP contribution in [0.4, 0.5) is 0 Å². The number of fused-ring (bicyclic) bond motifs is 1. The van der Waals surface area contributed by atoms with Gasteiger partial charge in [-0.25, -0.2) is 4.98 Å². The molecular formula is C16H12ClNS. The van der Waals surface area contributed by atoms with E-state index in [4.69, 9.17) is 11.6 Å². The van der Waals surface area contributed by atoms with Crippen LogP contribution >= 0.6 is 22.9 Å². The third-order valence-corrected chi connectivity index (χ3v) is 4.22. The lowest BCUT2D eigenvalue weighted by Crippen LogP contribution is -1.74. The van der Waals surface area contributed by atoms with Crippen molar-refractivity contribution in [2.24, 2.45) is 0 Å². The van der Waals surface area contributed by atoms with Gasteiger partial charge in [-0.05, 0) is 42.3 Å². The Bertz CT molecular complexity index is 758. The molecule has 0 spiro atoms. The predicted octanol–water partition coefficient (Wildman–Crippen LogP) is 5.43. The smallest absolute Gasteiger partial charge is 0.117 e. The Morgan fingerprint density at radius 1 is 1.11 bits per heavy atom. The van der Waals surface area contributed by atoms with Crippen molar-refractivity contribution in [2.75, 3.05) is 0 Å². The highest BCUT2D eigenvalue weighted by atomic mass is 35.5. The van der Waals surface area contributed by atoms with Gasteiger partial charge in [0.2, 0.25) is 0 Å². The molecule has 0 unspecified atom stereocenters. The Morgan fingerprint density at radius 3 is 2.79 bits per heavy atom. The molecule has 3 heteroatoms. The third-order valence-electron chi connectivity index (χ3n) is 2.87. The molecule has 0 aliphatic carbocycles. The molecule has 0 amide bonds. The van der Waals surface area contributed by atoms with Crippen molar-refractivity contribution in [3.63, 3.8) is 0 Å². The maximum atomic E-state index is 6.12. The Kier molecular flexibility index (Phi) is 3.36. The molecule has 94 valence electrons. The van der Waals surface area contributed by atoms with Gasteiger partial charge in [0, 0.05) is 5.02 Å². The summed E-state index contributed by atoms with van der Waals surface area (Å²) in [4.78, 5) is 4.61. The quantitative estimate of drug-likeness (QED) is 0.612. The second-order valence-corrected chi connectivity index (χ2v) is 5.85. The first-order valence-electron chi connectivity index (χ1n) is 6.02. The van der Waals surface area contributed by atoms with Crippen molar-refractivity contribution in [1.29, 1.82) is 0 Å². The maximum Gasteiger partial charge on any atom is 0.117 e. The summed E-state index contributed by atoms with van der Waals surface area (Å²) in [5, 5.41) is 1.76. The highest BCUT2D eigenvalue weighted by molar-refractivity contribution is 7.19. The molecule has 0 saturated carbocycles. The van der Waals surface area contributed by atoms with Crippen LogP contribution in [0.25, 0.3) is 22.4 Å². The molecule has 0 bridgehead atoms. The van der Waals surface area contributed by atoms with E-state index in [0.29, 0.717) is 0 Å². The van der Waals surface area contributed by atoms with Crippen LogP contribution in [0.2, 0.25) is 5.02 Å². The molecule has 0 N–H and O–H groups in total. The van der Waals surface area contributed by atoms with E-state index in [1.807, 2.05) is 36.4 Å². The Labute approximate surface area is 121 Å². The minimum absolute atomic E-state index is 0.760. The molecule has 2 aromatic carbocycles. The number of rotatable bonds is 2. The van der Waals surface area contributed by atoms with E-state index < -0.39 is 0 Å². The maximum absolute atomic E-state index is 6.12. The van der Waals surface area contributed by atoms with Crippen molar-refractivity contribution >= 4 is 45.3 Å². The van der Waals surface area contributed by atoms with Gasteiger partial charge in [-0.2, -0.15) is 0 Å². The lowest BCUT2D eigenvalue weighted by molar-refractivity contribution is 1.43. The van der Waals surface area contributed by atoms with E-state index in [2.05, 4.69) is 30.1 Å². The van der Waals surface area contributed by atoms with Crippen molar-refractivity contribution in [2.45, 2.75) is 6.92 Å². The van der Waals surface area contributed by atoms with Crippen LogP contribution in [0.1, 0.15) is 16.1 Å². The van der Waals surface area contributed by atoms with E-state index in [1.165, 1.54) is 10.3 Å². The number of hydrogen-bond acceptors (Lipinski definition) is 2. The SMILES string of the molecule is Cc1ccc2sc(/C=C/c3ccccc3Cl)nc2c1. The zero-order valence-electron chi connectivity index (χ0n) is 10.4. The Balaban J connectivity index is 1.95. The highest BCUT2D eigenvalue weighted by Gasteiger charge is 2.01. The minimum atomic E-state index is 0.760. The van der Waals surface area contributed by atoms with Crippen molar-refractivity contribution in [3.8, 4) is 0 Å². The van der Waals surface area contributed by atoms with Gasteiger partial charge in [0.05, 0.1) is 10.2 Å². The van der Waals surface area contributed by atoms with Gasteiger partial charge in [0.25, 0.3) is 0 Å². The first-order valence-corrected chi connectivity index (χ1v) is 7.21. The summed E-state index contributed by atoms with van der Waals surface area (Å²) < 4.78 is 1.21. The fourth-order valence-electron chi connectivity index (χ4n) is 1.90. The van der Waals surface area contributed by atoms with Gasteiger partial charge in [-0.3, -0.25) is 0 Å². The molecule has 19 heavy (non-hydrogen) atoms. The molecule has 0 atom stereocenters. The first kappa shape index (κ1) is 12.4. The van der Waals surface area contributed by atoms with Crippen molar-refractivity contribution in [3.05, 3.63) is 63.6 Å². The zero-order chi connectivity index (χ0) is 13.2. The van der Waals surface area contributed by atoms with Crippen LogP contribution in [0.3, 0.4) is 0 Å². The molecule has 3 rings (SSSR count). The third kappa shape index (κ3) is 2.70. The molecule has 3 aromatic rings. The summed E-state index contributed by atoms with van der Waals surface area (Å²) in [5.41, 5.74) is 3.31. The van der Waals surface area contributed by atoms with Crippen LogP contribution in [0.15, 0.2) is 42.5 Å². The van der Waals surface area contributed by atoms with Gasteiger partial charge >= 0.3 is 0 Å².